The summed E-state index contributed by atoms with van der Waals surface area (Å²) in [7, 11) is 0. The second-order valence-electron chi connectivity index (χ2n) is 4.56. The lowest BCUT2D eigenvalue weighted by molar-refractivity contribution is 0.149. The Hall–Kier alpha value is -1.26. The first kappa shape index (κ1) is 13.2. The molecule has 0 aromatic heterocycles. The quantitative estimate of drug-likeness (QED) is 0.786. The molecule has 1 aliphatic rings. The Morgan fingerprint density at radius 1 is 1.33 bits per heavy atom. The van der Waals surface area contributed by atoms with E-state index in [1.54, 1.807) is 12.1 Å². The SMILES string of the molecule is O=C(NCc1ccc(Cl)cc1)NC1CCCC1O. The number of rotatable bonds is 3. The number of carbonyl (C=O) groups is 1. The molecule has 0 bridgehead atoms. The smallest absolute Gasteiger partial charge is 0.315 e. The number of aliphatic hydroxyl groups excluding tert-OH is 1. The Morgan fingerprint density at radius 3 is 2.67 bits per heavy atom. The molecule has 0 radical (unpaired) electrons. The lowest BCUT2D eigenvalue weighted by Crippen LogP contribution is -2.45. The summed E-state index contributed by atoms with van der Waals surface area (Å²) in [4.78, 5) is 11.6. The van der Waals surface area contributed by atoms with Gasteiger partial charge in [0.15, 0.2) is 0 Å². The summed E-state index contributed by atoms with van der Waals surface area (Å²) in [6, 6.07) is 6.96. The number of amides is 2. The molecule has 2 atom stereocenters. The van der Waals surface area contributed by atoms with Gasteiger partial charge in [-0.25, -0.2) is 4.79 Å². The first-order valence-corrected chi connectivity index (χ1v) is 6.50. The molecule has 1 aromatic rings. The summed E-state index contributed by atoms with van der Waals surface area (Å²) < 4.78 is 0. The van der Waals surface area contributed by atoms with Gasteiger partial charge in [-0.2, -0.15) is 0 Å². The summed E-state index contributed by atoms with van der Waals surface area (Å²) in [6.45, 7) is 0.450. The third-order valence-corrected chi connectivity index (χ3v) is 3.41. The van der Waals surface area contributed by atoms with Crippen molar-refractivity contribution in [2.24, 2.45) is 0 Å². The number of benzene rings is 1. The Labute approximate surface area is 111 Å². The van der Waals surface area contributed by atoms with Crippen LogP contribution in [0.25, 0.3) is 0 Å². The van der Waals surface area contributed by atoms with Crippen molar-refractivity contribution >= 4 is 17.6 Å². The van der Waals surface area contributed by atoms with Crippen LogP contribution in [0, 0.1) is 0 Å². The Morgan fingerprint density at radius 2 is 2.06 bits per heavy atom. The summed E-state index contributed by atoms with van der Waals surface area (Å²) in [6.07, 6.45) is 2.16. The number of aliphatic hydroxyl groups is 1. The van der Waals surface area contributed by atoms with E-state index >= 15 is 0 Å². The molecule has 2 amide bonds. The zero-order chi connectivity index (χ0) is 13.0. The van der Waals surface area contributed by atoms with Crippen molar-refractivity contribution in [3.8, 4) is 0 Å². The van der Waals surface area contributed by atoms with Crippen LogP contribution in [-0.2, 0) is 6.54 Å². The first-order valence-electron chi connectivity index (χ1n) is 6.12. The zero-order valence-electron chi connectivity index (χ0n) is 10.0. The number of hydrogen-bond acceptors (Lipinski definition) is 2. The third kappa shape index (κ3) is 3.62. The molecule has 5 heteroatoms. The summed E-state index contributed by atoms with van der Waals surface area (Å²) >= 11 is 5.78. The van der Waals surface area contributed by atoms with Gasteiger partial charge in [0.1, 0.15) is 0 Å². The first-order chi connectivity index (χ1) is 8.65. The molecule has 18 heavy (non-hydrogen) atoms. The molecule has 1 aromatic carbocycles. The van der Waals surface area contributed by atoms with Gasteiger partial charge in [-0.15, -0.1) is 0 Å². The molecular formula is C13H17ClN2O2. The maximum atomic E-state index is 11.6. The van der Waals surface area contributed by atoms with Crippen LogP contribution in [0.15, 0.2) is 24.3 Å². The molecule has 0 saturated heterocycles. The van der Waals surface area contributed by atoms with Crippen LogP contribution >= 0.6 is 11.6 Å². The highest BCUT2D eigenvalue weighted by atomic mass is 35.5. The van der Waals surface area contributed by atoms with Crippen LogP contribution in [0.5, 0.6) is 0 Å². The molecule has 98 valence electrons. The minimum Gasteiger partial charge on any atom is -0.391 e. The molecule has 1 fully saturated rings. The highest BCUT2D eigenvalue weighted by Gasteiger charge is 2.26. The predicted molar refractivity (Wildman–Crippen MR) is 70.5 cm³/mol. The van der Waals surface area contributed by atoms with Crippen LogP contribution in [0.1, 0.15) is 24.8 Å². The van der Waals surface area contributed by atoms with Crippen LogP contribution in [0.2, 0.25) is 5.02 Å². The molecule has 4 nitrogen and oxygen atoms in total. The highest BCUT2D eigenvalue weighted by Crippen LogP contribution is 2.18. The number of hydrogen-bond donors (Lipinski definition) is 3. The normalized spacial score (nSPS) is 22.8. The topological polar surface area (TPSA) is 61.4 Å². The number of urea groups is 1. The minimum absolute atomic E-state index is 0.116. The molecular weight excluding hydrogens is 252 g/mol. The van der Waals surface area contributed by atoms with E-state index in [-0.39, 0.29) is 12.1 Å². The Balaban J connectivity index is 1.76. The van der Waals surface area contributed by atoms with E-state index in [1.165, 1.54) is 0 Å². The van der Waals surface area contributed by atoms with E-state index < -0.39 is 6.10 Å². The molecule has 2 unspecified atom stereocenters. The maximum Gasteiger partial charge on any atom is 0.315 e. The van der Waals surface area contributed by atoms with Crippen molar-refractivity contribution in [1.82, 2.24) is 10.6 Å². The van der Waals surface area contributed by atoms with Crippen molar-refractivity contribution in [3.05, 3.63) is 34.9 Å². The number of nitrogens with one attached hydrogen (secondary N) is 2. The van der Waals surface area contributed by atoms with E-state index in [2.05, 4.69) is 10.6 Å². The molecule has 1 saturated carbocycles. The molecule has 0 spiro atoms. The van der Waals surface area contributed by atoms with E-state index in [0.29, 0.717) is 11.6 Å². The average Bonchev–Trinajstić information content (AvgIpc) is 2.74. The number of halogens is 1. The fourth-order valence-corrected chi connectivity index (χ4v) is 2.24. The second-order valence-corrected chi connectivity index (χ2v) is 4.99. The maximum absolute atomic E-state index is 11.6. The van der Waals surface area contributed by atoms with Gasteiger partial charge in [-0.1, -0.05) is 23.7 Å². The number of carbonyl (C=O) groups excluding carboxylic acids is 1. The zero-order valence-corrected chi connectivity index (χ0v) is 10.8. The second kappa shape index (κ2) is 6.07. The van der Waals surface area contributed by atoms with Gasteiger partial charge in [0.2, 0.25) is 0 Å². The Kier molecular flexibility index (Phi) is 4.44. The minimum atomic E-state index is -0.411. The molecule has 0 aliphatic heterocycles. The van der Waals surface area contributed by atoms with Crippen molar-refractivity contribution in [3.63, 3.8) is 0 Å². The largest absolute Gasteiger partial charge is 0.391 e. The lowest BCUT2D eigenvalue weighted by atomic mass is 10.2. The molecule has 2 rings (SSSR count). The fourth-order valence-electron chi connectivity index (χ4n) is 2.11. The van der Waals surface area contributed by atoms with Gasteiger partial charge in [0.25, 0.3) is 0 Å². The van der Waals surface area contributed by atoms with Gasteiger partial charge < -0.3 is 15.7 Å². The van der Waals surface area contributed by atoms with E-state index in [0.717, 1.165) is 24.8 Å². The van der Waals surface area contributed by atoms with Crippen LogP contribution < -0.4 is 10.6 Å². The van der Waals surface area contributed by atoms with Gasteiger partial charge in [-0.3, -0.25) is 0 Å². The van der Waals surface area contributed by atoms with Crippen molar-refractivity contribution in [2.75, 3.05) is 0 Å². The van der Waals surface area contributed by atoms with Gasteiger partial charge in [-0.05, 0) is 37.0 Å². The molecule has 1 aliphatic carbocycles. The summed E-state index contributed by atoms with van der Waals surface area (Å²) in [5, 5.41) is 15.8. The van der Waals surface area contributed by atoms with Crippen LogP contribution in [0.4, 0.5) is 4.79 Å². The van der Waals surface area contributed by atoms with Crippen molar-refractivity contribution in [2.45, 2.75) is 38.0 Å². The molecule has 3 N–H and O–H groups in total. The van der Waals surface area contributed by atoms with Crippen molar-refractivity contribution in [1.29, 1.82) is 0 Å². The third-order valence-electron chi connectivity index (χ3n) is 3.16. The molecule has 0 heterocycles. The Bertz CT molecular complexity index is 408. The fraction of sp³-hybridized carbons (Fsp3) is 0.462. The summed E-state index contributed by atoms with van der Waals surface area (Å²) in [5.74, 6) is 0. The van der Waals surface area contributed by atoms with Crippen LogP contribution in [-0.4, -0.2) is 23.3 Å². The highest BCUT2D eigenvalue weighted by molar-refractivity contribution is 6.30. The van der Waals surface area contributed by atoms with E-state index in [1.807, 2.05) is 12.1 Å². The summed E-state index contributed by atoms with van der Waals surface area (Å²) in [5.41, 5.74) is 0.988. The van der Waals surface area contributed by atoms with Gasteiger partial charge in [0, 0.05) is 11.6 Å². The van der Waals surface area contributed by atoms with Crippen LogP contribution in [0.3, 0.4) is 0 Å². The van der Waals surface area contributed by atoms with Gasteiger partial charge >= 0.3 is 6.03 Å². The standard InChI is InChI=1S/C13H17ClN2O2/c14-10-6-4-9(5-7-10)8-15-13(18)16-11-2-1-3-12(11)17/h4-7,11-12,17H,1-3,8H2,(H2,15,16,18). The average molecular weight is 269 g/mol. The van der Waals surface area contributed by atoms with E-state index in [4.69, 9.17) is 11.6 Å². The predicted octanol–water partition coefficient (Wildman–Crippen LogP) is 2.05. The van der Waals surface area contributed by atoms with E-state index in [9.17, 15) is 9.90 Å². The monoisotopic (exact) mass is 268 g/mol. The lowest BCUT2D eigenvalue weighted by Gasteiger charge is -2.16. The van der Waals surface area contributed by atoms with Crippen molar-refractivity contribution < 1.29 is 9.90 Å². The van der Waals surface area contributed by atoms with Gasteiger partial charge in [0.05, 0.1) is 12.1 Å².